The van der Waals surface area contributed by atoms with Gasteiger partial charge in [0.05, 0.1) is 5.69 Å². The zero-order valence-electron chi connectivity index (χ0n) is 11.5. The molecule has 2 aromatic rings. The summed E-state index contributed by atoms with van der Waals surface area (Å²) >= 11 is 0. The molecule has 0 bridgehead atoms. The molecule has 0 aromatic carbocycles. The Kier molecular flexibility index (Phi) is 3.94. The molecule has 0 spiro atoms. The minimum absolute atomic E-state index is 0.129. The van der Waals surface area contributed by atoms with Gasteiger partial charge in [-0.3, -0.25) is 0 Å². The smallest absolute Gasteiger partial charge is 0.248 e. The van der Waals surface area contributed by atoms with Crippen LogP contribution in [-0.2, 0) is 18.4 Å². The zero-order chi connectivity index (χ0) is 13.9. The van der Waals surface area contributed by atoms with Gasteiger partial charge in [-0.1, -0.05) is 31.1 Å². The maximum absolute atomic E-state index is 8.76. The van der Waals surface area contributed by atoms with Crippen molar-refractivity contribution in [2.45, 2.75) is 45.6 Å². The summed E-state index contributed by atoms with van der Waals surface area (Å²) in [6.07, 6.45) is 3.23. The summed E-state index contributed by atoms with van der Waals surface area (Å²) in [7, 11) is 0. The quantitative estimate of drug-likeness (QED) is 0.865. The van der Waals surface area contributed by atoms with E-state index in [1.54, 1.807) is 4.68 Å². The molecule has 0 radical (unpaired) electrons. The molecule has 2 heterocycles. The van der Waals surface area contributed by atoms with Crippen molar-refractivity contribution < 1.29 is 9.63 Å². The minimum Gasteiger partial charge on any atom is -0.396 e. The van der Waals surface area contributed by atoms with Gasteiger partial charge in [0.25, 0.3) is 0 Å². The van der Waals surface area contributed by atoms with E-state index in [-0.39, 0.29) is 12.0 Å². The van der Waals surface area contributed by atoms with Crippen molar-refractivity contribution in [3.8, 4) is 0 Å². The normalized spacial score (nSPS) is 12.0. The molecule has 0 atom stereocenters. The molecule has 104 valence electrons. The van der Waals surface area contributed by atoms with Gasteiger partial charge in [0.1, 0.15) is 6.54 Å². The third-order valence-corrected chi connectivity index (χ3v) is 2.61. The molecule has 0 aliphatic carbocycles. The highest BCUT2D eigenvalue weighted by Gasteiger charge is 2.21. The first-order chi connectivity index (χ1) is 8.99. The number of rotatable bonds is 5. The largest absolute Gasteiger partial charge is 0.396 e. The van der Waals surface area contributed by atoms with Gasteiger partial charge in [0.2, 0.25) is 5.89 Å². The van der Waals surface area contributed by atoms with Gasteiger partial charge < -0.3 is 9.63 Å². The Morgan fingerprint density at radius 3 is 2.79 bits per heavy atom. The Balaban J connectivity index is 2.01. The average molecular weight is 265 g/mol. The van der Waals surface area contributed by atoms with E-state index in [0.717, 1.165) is 5.69 Å². The molecule has 0 unspecified atom stereocenters. The van der Waals surface area contributed by atoms with Gasteiger partial charge in [-0.15, -0.1) is 5.10 Å². The molecule has 0 fully saturated rings. The summed E-state index contributed by atoms with van der Waals surface area (Å²) in [5, 5.41) is 20.7. The first-order valence-corrected chi connectivity index (χ1v) is 6.32. The lowest BCUT2D eigenvalue weighted by molar-refractivity contribution is 0.288. The van der Waals surface area contributed by atoms with Gasteiger partial charge in [0.15, 0.2) is 5.82 Å². The predicted molar refractivity (Wildman–Crippen MR) is 67.5 cm³/mol. The van der Waals surface area contributed by atoms with Crippen molar-refractivity contribution in [1.29, 1.82) is 0 Å². The molecule has 2 aromatic heterocycles. The molecule has 2 rings (SSSR count). The molecule has 1 N–H and O–H groups in total. The molecular formula is C12H19N5O2. The van der Waals surface area contributed by atoms with Crippen LogP contribution in [0.4, 0.5) is 0 Å². The molecular weight excluding hydrogens is 246 g/mol. The molecule has 0 aliphatic heterocycles. The van der Waals surface area contributed by atoms with Crippen LogP contribution in [0.5, 0.6) is 0 Å². The van der Waals surface area contributed by atoms with Crippen molar-refractivity contribution >= 4 is 0 Å². The number of aliphatic hydroxyl groups is 1. The topological polar surface area (TPSA) is 89.9 Å². The van der Waals surface area contributed by atoms with Crippen molar-refractivity contribution in [3.63, 3.8) is 0 Å². The predicted octanol–water partition coefficient (Wildman–Crippen LogP) is 0.932. The van der Waals surface area contributed by atoms with E-state index in [1.807, 2.05) is 27.0 Å². The highest BCUT2D eigenvalue weighted by atomic mass is 16.5. The second-order valence-electron chi connectivity index (χ2n) is 5.50. The van der Waals surface area contributed by atoms with Gasteiger partial charge in [-0.25, -0.2) is 4.68 Å². The van der Waals surface area contributed by atoms with Crippen LogP contribution in [-0.4, -0.2) is 36.8 Å². The molecule has 0 amide bonds. The van der Waals surface area contributed by atoms with Crippen LogP contribution in [0, 0.1) is 0 Å². The van der Waals surface area contributed by atoms with Gasteiger partial charge in [-0.2, -0.15) is 4.98 Å². The Morgan fingerprint density at radius 1 is 1.37 bits per heavy atom. The molecule has 19 heavy (non-hydrogen) atoms. The van der Waals surface area contributed by atoms with E-state index >= 15 is 0 Å². The van der Waals surface area contributed by atoms with Crippen molar-refractivity contribution in [2.24, 2.45) is 0 Å². The minimum atomic E-state index is -0.129. The van der Waals surface area contributed by atoms with E-state index in [1.165, 1.54) is 0 Å². The number of nitrogens with zero attached hydrogens (tertiary/aromatic N) is 5. The second-order valence-corrected chi connectivity index (χ2v) is 5.50. The zero-order valence-corrected chi connectivity index (χ0v) is 11.5. The van der Waals surface area contributed by atoms with Crippen LogP contribution in [0.2, 0.25) is 0 Å². The third kappa shape index (κ3) is 3.60. The Morgan fingerprint density at radius 2 is 2.16 bits per heavy atom. The summed E-state index contributed by atoms with van der Waals surface area (Å²) in [4.78, 5) is 4.34. The molecule has 0 saturated heterocycles. The lowest BCUT2D eigenvalue weighted by Gasteiger charge is -2.10. The van der Waals surface area contributed by atoms with Crippen LogP contribution in [0.25, 0.3) is 0 Å². The number of aliphatic hydroxyl groups excluding tert-OH is 1. The Labute approximate surface area is 111 Å². The molecule has 0 saturated carbocycles. The van der Waals surface area contributed by atoms with Crippen LogP contribution in [0.1, 0.15) is 44.6 Å². The van der Waals surface area contributed by atoms with Crippen LogP contribution < -0.4 is 0 Å². The summed E-state index contributed by atoms with van der Waals surface area (Å²) in [6, 6.07) is 0. The van der Waals surface area contributed by atoms with Crippen LogP contribution in [0.15, 0.2) is 10.7 Å². The lowest BCUT2D eigenvalue weighted by Crippen LogP contribution is -2.13. The second kappa shape index (κ2) is 5.48. The number of hydrogen-bond acceptors (Lipinski definition) is 6. The van der Waals surface area contributed by atoms with Gasteiger partial charge in [0, 0.05) is 18.2 Å². The highest BCUT2D eigenvalue weighted by molar-refractivity contribution is 5.00. The monoisotopic (exact) mass is 265 g/mol. The van der Waals surface area contributed by atoms with Gasteiger partial charge in [-0.05, 0) is 12.8 Å². The Hall–Kier alpha value is -1.76. The maximum Gasteiger partial charge on any atom is 0.248 e. The van der Waals surface area contributed by atoms with E-state index in [9.17, 15) is 0 Å². The van der Waals surface area contributed by atoms with Gasteiger partial charge >= 0.3 is 0 Å². The van der Waals surface area contributed by atoms with Crippen molar-refractivity contribution in [2.75, 3.05) is 6.61 Å². The first-order valence-electron chi connectivity index (χ1n) is 6.32. The lowest BCUT2D eigenvalue weighted by atomic mass is 9.96. The fourth-order valence-corrected chi connectivity index (χ4v) is 1.55. The SMILES string of the molecule is CC(C)(C)c1noc(Cn2cc(CCCO)nn2)n1. The summed E-state index contributed by atoms with van der Waals surface area (Å²) < 4.78 is 6.86. The maximum atomic E-state index is 8.76. The fourth-order valence-electron chi connectivity index (χ4n) is 1.55. The molecule has 7 heteroatoms. The first kappa shape index (κ1) is 13.7. The van der Waals surface area contributed by atoms with E-state index in [4.69, 9.17) is 9.63 Å². The van der Waals surface area contributed by atoms with Crippen LogP contribution >= 0.6 is 0 Å². The van der Waals surface area contributed by atoms with Crippen molar-refractivity contribution in [1.82, 2.24) is 25.1 Å². The molecule has 0 aliphatic rings. The fraction of sp³-hybridized carbons (Fsp3) is 0.667. The van der Waals surface area contributed by atoms with Crippen LogP contribution in [0.3, 0.4) is 0 Å². The summed E-state index contributed by atoms with van der Waals surface area (Å²) in [5.41, 5.74) is 0.723. The summed E-state index contributed by atoms with van der Waals surface area (Å²) in [5.74, 6) is 1.20. The van der Waals surface area contributed by atoms with E-state index in [0.29, 0.717) is 31.1 Å². The Bertz CT molecular complexity index is 526. The third-order valence-electron chi connectivity index (χ3n) is 2.61. The van der Waals surface area contributed by atoms with E-state index in [2.05, 4.69) is 20.5 Å². The number of aromatic nitrogens is 5. The average Bonchev–Trinajstić information content (AvgIpc) is 2.95. The standard InChI is InChI=1S/C12H19N5O2/c1-12(2,3)11-13-10(19-15-11)8-17-7-9(14-16-17)5-4-6-18/h7,18H,4-6,8H2,1-3H3. The number of aryl methyl sites for hydroxylation is 1. The summed E-state index contributed by atoms with van der Waals surface area (Å²) in [6.45, 7) is 6.67. The van der Waals surface area contributed by atoms with E-state index < -0.39 is 0 Å². The van der Waals surface area contributed by atoms with Crippen molar-refractivity contribution in [3.05, 3.63) is 23.6 Å². The molecule has 7 nitrogen and oxygen atoms in total. The highest BCUT2D eigenvalue weighted by Crippen LogP contribution is 2.18. The number of hydrogen-bond donors (Lipinski definition) is 1.